The van der Waals surface area contributed by atoms with E-state index in [-0.39, 0.29) is 17.9 Å². The van der Waals surface area contributed by atoms with Crippen LogP contribution in [0.5, 0.6) is 0 Å². The fourth-order valence-electron chi connectivity index (χ4n) is 2.42. The van der Waals surface area contributed by atoms with Gasteiger partial charge in [-0.25, -0.2) is 17.5 Å². The van der Waals surface area contributed by atoms with Gasteiger partial charge in [0.15, 0.2) is 0 Å². The highest BCUT2D eigenvalue weighted by molar-refractivity contribution is 7.89. The lowest BCUT2D eigenvalue weighted by Crippen LogP contribution is -2.37. The Morgan fingerprint density at radius 1 is 1.33 bits per heavy atom. The largest absolute Gasteiger partial charge is 0.480 e. The normalized spacial score (nSPS) is 22.8. The molecule has 116 valence electrons. The van der Waals surface area contributed by atoms with Crippen molar-refractivity contribution >= 4 is 21.7 Å². The summed E-state index contributed by atoms with van der Waals surface area (Å²) in [5.74, 6) is -1.08. The highest BCUT2D eigenvalue weighted by Crippen LogP contribution is 2.32. The molecule has 0 spiro atoms. The Kier molecular flexibility index (Phi) is 4.22. The monoisotopic (exact) mass is 314 g/mol. The predicted octanol–water partition coefficient (Wildman–Crippen LogP) is -0.0389. The van der Waals surface area contributed by atoms with Gasteiger partial charge < -0.3 is 15.1 Å². The molecule has 2 unspecified atom stereocenters. The van der Waals surface area contributed by atoms with Crippen molar-refractivity contribution in [1.29, 1.82) is 0 Å². The molecule has 0 saturated carbocycles. The van der Waals surface area contributed by atoms with E-state index < -0.39 is 28.1 Å². The average Bonchev–Trinajstić information content (AvgIpc) is 2.80. The minimum absolute atomic E-state index is 0.0374. The first-order chi connectivity index (χ1) is 9.75. The van der Waals surface area contributed by atoms with E-state index in [4.69, 9.17) is 0 Å². The minimum atomic E-state index is -3.69. The van der Waals surface area contributed by atoms with Crippen molar-refractivity contribution < 1.29 is 23.4 Å². The van der Waals surface area contributed by atoms with Crippen LogP contribution in [0.15, 0.2) is 29.2 Å². The van der Waals surface area contributed by atoms with E-state index in [1.54, 1.807) is 18.2 Å². The summed E-state index contributed by atoms with van der Waals surface area (Å²) in [6.07, 6.45) is -0.715. The molecule has 1 fully saturated rings. The molecule has 1 aliphatic rings. The third kappa shape index (κ3) is 2.87. The summed E-state index contributed by atoms with van der Waals surface area (Å²) in [7, 11) is -0.862. The van der Waals surface area contributed by atoms with Gasteiger partial charge in [0.2, 0.25) is 10.0 Å². The van der Waals surface area contributed by atoms with Crippen molar-refractivity contribution in [2.45, 2.75) is 23.5 Å². The first-order valence-corrected chi connectivity index (χ1v) is 7.88. The van der Waals surface area contributed by atoms with Gasteiger partial charge in [0.1, 0.15) is 10.9 Å². The number of anilines is 1. The zero-order chi connectivity index (χ0) is 15.8. The van der Waals surface area contributed by atoms with Gasteiger partial charge in [-0.05, 0) is 12.1 Å². The second kappa shape index (κ2) is 5.63. The highest BCUT2D eigenvalue weighted by atomic mass is 32.2. The number of rotatable bonds is 4. The maximum absolute atomic E-state index is 12.4. The first-order valence-electron chi connectivity index (χ1n) is 6.44. The summed E-state index contributed by atoms with van der Waals surface area (Å²) < 4.78 is 25.8. The number of para-hydroxylation sites is 1. The zero-order valence-corrected chi connectivity index (χ0v) is 12.6. The Morgan fingerprint density at radius 2 is 1.95 bits per heavy atom. The number of carbonyl (C=O) groups is 1. The van der Waals surface area contributed by atoms with Crippen LogP contribution in [0.2, 0.25) is 0 Å². The third-order valence-corrected chi connectivity index (χ3v) is 5.36. The van der Waals surface area contributed by atoms with Crippen molar-refractivity contribution in [1.82, 2.24) is 4.31 Å². The van der Waals surface area contributed by atoms with Gasteiger partial charge in [-0.2, -0.15) is 0 Å². The number of nitrogens with zero attached hydrogens (tertiary/aromatic N) is 2. The fourth-order valence-corrected chi connectivity index (χ4v) is 3.52. The van der Waals surface area contributed by atoms with Gasteiger partial charge in [0.05, 0.1) is 11.8 Å². The van der Waals surface area contributed by atoms with Crippen LogP contribution in [-0.2, 0) is 14.8 Å². The predicted molar refractivity (Wildman–Crippen MR) is 76.7 cm³/mol. The van der Waals surface area contributed by atoms with E-state index in [0.717, 1.165) is 4.31 Å². The molecule has 0 radical (unpaired) electrons. The average molecular weight is 314 g/mol. The van der Waals surface area contributed by atoms with E-state index in [1.807, 2.05) is 0 Å². The van der Waals surface area contributed by atoms with Crippen molar-refractivity contribution in [3.8, 4) is 0 Å². The lowest BCUT2D eigenvalue weighted by Gasteiger charge is -2.26. The quantitative estimate of drug-likeness (QED) is 0.809. The van der Waals surface area contributed by atoms with E-state index in [0.29, 0.717) is 5.69 Å². The van der Waals surface area contributed by atoms with Crippen LogP contribution in [-0.4, -0.2) is 61.7 Å². The summed E-state index contributed by atoms with van der Waals surface area (Å²) in [5.41, 5.74) is 0.301. The number of hydrogen-bond acceptors (Lipinski definition) is 5. The van der Waals surface area contributed by atoms with Crippen molar-refractivity contribution in [2.24, 2.45) is 0 Å². The third-order valence-electron chi connectivity index (χ3n) is 3.50. The maximum Gasteiger partial charge on any atom is 0.326 e. The summed E-state index contributed by atoms with van der Waals surface area (Å²) in [5, 5.41) is 19.0. The number of carboxylic acid groups (broad SMARTS) is 1. The van der Waals surface area contributed by atoms with E-state index in [2.05, 4.69) is 0 Å². The van der Waals surface area contributed by atoms with E-state index >= 15 is 0 Å². The van der Waals surface area contributed by atoms with Gasteiger partial charge in [0.25, 0.3) is 0 Å². The molecule has 21 heavy (non-hydrogen) atoms. The topological polar surface area (TPSA) is 98.2 Å². The standard InChI is InChI=1S/C13H18N2O5S/c1-14(2)21(19,20)12-6-4-3-5-10(12)15-8-9(16)7-11(15)13(17)18/h3-6,9,11,16H,7-8H2,1-2H3,(H,17,18). The number of hydrogen-bond donors (Lipinski definition) is 2. The Labute approximate surface area is 123 Å². The molecule has 0 aliphatic carbocycles. The summed E-state index contributed by atoms with van der Waals surface area (Å²) in [4.78, 5) is 12.8. The Balaban J connectivity index is 2.53. The lowest BCUT2D eigenvalue weighted by molar-refractivity contribution is -0.138. The van der Waals surface area contributed by atoms with Gasteiger partial charge >= 0.3 is 5.97 Å². The van der Waals surface area contributed by atoms with Crippen molar-refractivity contribution in [3.05, 3.63) is 24.3 Å². The van der Waals surface area contributed by atoms with Gasteiger partial charge in [0, 0.05) is 27.1 Å². The molecule has 0 amide bonds. The molecule has 2 rings (SSSR count). The van der Waals surface area contributed by atoms with Crippen LogP contribution in [0.1, 0.15) is 6.42 Å². The van der Waals surface area contributed by atoms with Crippen LogP contribution in [0, 0.1) is 0 Å². The van der Waals surface area contributed by atoms with Crippen LogP contribution in [0.4, 0.5) is 5.69 Å². The number of benzene rings is 1. The van der Waals surface area contributed by atoms with Gasteiger partial charge in [-0.1, -0.05) is 12.1 Å². The number of aliphatic hydroxyl groups excluding tert-OH is 1. The molecular weight excluding hydrogens is 296 g/mol. The van der Waals surface area contributed by atoms with Gasteiger partial charge in [-0.3, -0.25) is 0 Å². The minimum Gasteiger partial charge on any atom is -0.480 e. The van der Waals surface area contributed by atoms with Crippen LogP contribution < -0.4 is 4.90 Å². The smallest absolute Gasteiger partial charge is 0.326 e. The highest BCUT2D eigenvalue weighted by Gasteiger charge is 2.38. The molecular formula is C13H18N2O5S. The van der Waals surface area contributed by atoms with Crippen molar-refractivity contribution in [2.75, 3.05) is 25.5 Å². The number of sulfonamides is 1. The molecule has 1 heterocycles. The Bertz CT molecular complexity index is 644. The first kappa shape index (κ1) is 15.7. The summed E-state index contributed by atoms with van der Waals surface area (Å²) in [6.45, 7) is 0.0942. The second-order valence-corrected chi connectivity index (χ2v) is 7.27. The molecule has 7 nitrogen and oxygen atoms in total. The maximum atomic E-state index is 12.4. The molecule has 2 N–H and O–H groups in total. The fraction of sp³-hybridized carbons (Fsp3) is 0.462. The molecule has 2 atom stereocenters. The molecule has 0 aromatic heterocycles. The number of β-amino-alcohol motifs (C(OH)–C–C–N with tert-alkyl or cyclic N) is 1. The Hall–Kier alpha value is -1.64. The van der Waals surface area contributed by atoms with E-state index in [1.165, 1.54) is 25.1 Å². The Morgan fingerprint density at radius 3 is 2.52 bits per heavy atom. The molecule has 1 aromatic rings. The second-order valence-electron chi connectivity index (χ2n) is 5.15. The molecule has 0 bridgehead atoms. The molecule has 8 heteroatoms. The van der Waals surface area contributed by atoms with Crippen molar-refractivity contribution in [3.63, 3.8) is 0 Å². The number of aliphatic carboxylic acids is 1. The number of carboxylic acids is 1. The SMILES string of the molecule is CN(C)S(=O)(=O)c1ccccc1N1CC(O)CC1C(=O)O. The lowest BCUT2D eigenvalue weighted by atomic mass is 10.2. The van der Waals surface area contributed by atoms with Gasteiger partial charge in [-0.15, -0.1) is 0 Å². The summed E-state index contributed by atoms with van der Waals surface area (Å²) in [6, 6.07) is 5.30. The molecule has 1 saturated heterocycles. The van der Waals surface area contributed by atoms with Crippen LogP contribution >= 0.6 is 0 Å². The van der Waals surface area contributed by atoms with E-state index in [9.17, 15) is 23.4 Å². The van der Waals surface area contributed by atoms with Crippen LogP contribution in [0.3, 0.4) is 0 Å². The van der Waals surface area contributed by atoms with Crippen LogP contribution in [0.25, 0.3) is 0 Å². The zero-order valence-electron chi connectivity index (χ0n) is 11.8. The summed E-state index contributed by atoms with van der Waals surface area (Å²) >= 11 is 0. The molecule has 1 aromatic carbocycles. The molecule has 1 aliphatic heterocycles. The number of aliphatic hydroxyl groups is 1.